The van der Waals surface area contributed by atoms with E-state index in [0.717, 1.165) is 4.47 Å². The van der Waals surface area contributed by atoms with Gasteiger partial charge in [0.2, 0.25) is 0 Å². The zero-order valence-corrected chi connectivity index (χ0v) is 18.3. The molecule has 0 spiro atoms. The van der Waals surface area contributed by atoms with Gasteiger partial charge in [0.25, 0.3) is 0 Å². The van der Waals surface area contributed by atoms with Gasteiger partial charge in [0.05, 0.1) is 0 Å². The average Bonchev–Trinajstić information content (AvgIpc) is 2.74. The minimum Gasteiger partial charge on any atom is -0.0622 e. The lowest BCUT2D eigenvalue weighted by molar-refractivity contribution is 1.50. The molecule has 0 aliphatic heterocycles. The molecule has 5 aromatic rings. The normalized spacial score (nSPS) is 10.6. The predicted molar refractivity (Wildman–Crippen MR) is 131 cm³/mol. The maximum absolute atomic E-state index is 3.46. The number of fused-ring (bicyclic) bond motifs is 2. The molecule has 0 N–H and O–H groups in total. The third-order valence-electron chi connectivity index (χ3n) is 5.06. The van der Waals surface area contributed by atoms with Crippen LogP contribution in [0, 0.1) is 13.8 Å². The molecule has 0 heterocycles. The molecule has 0 radical (unpaired) electrons. The summed E-state index contributed by atoms with van der Waals surface area (Å²) in [4.78, 5) is 0. The quantitative estimate of drug-likeness (QED) is 0.245. The lowest BCUT2D eigenvalue weighted by Gasteiger charge is -2.04. The van der Waals surface area contributed by atoms with Gasteiger partial charge in [-0.15, -0.1) is 0 Å². The second-order valence-electron chi connectivity index (χ2n) is 7.43. The average molecular weight is 439 g/mol. The summed E-state index contributed by atoms with van der Waals surface area (Å²) >= 11 is 3.46. The molecule has 1 heteroatoms. The van der Waals surface area contributed by atoms with Crippen molar-refractivity contribution in [3.8, 4) is 11.1 Å². The summed E-state index contributed by atoms with van der Waals surface area (Å²) in [6, 6.07) is 36.5. The number of rotatable bonds is 1. The van der Waals surface area contributed by atoms with E-state index in [2.05, 4.69) is 133 Å². The Labute approximate surface area is 181 Å². The first kappa shape index (κ1) is 19.4. The Morgan fingerprint density at radius 3 is 1.66 bits per heavy atom. The van der Waals surface area contributed by atoms with Crippen LogP contribution in [-0.4, -0.2) is 0 Å². The first-order chi connectivity index (χ1) is 14.1. The summed E-state index contributed by atoms with van der Waals surface area (Å²) in [6.45, 7) is 4.25. The van der Waals surface area contributed by atoms with Crippen LogP contribution in [0.25, 0.3) is 32.7 Å². The standard InChI is InChI=1S/C17H14.C11H9Br/c1-13-7-8-15-9-10-16(12-17(15)11-13)14-5-3-2-4-6-14;1-8-2-3-9-4-5-11(12)7-10(9)6-8/h2-12H,1H3;2-7H,1H3. The fourth-order valence-electron chi connectivity index (χ4n) is 3.51. The topological polar surface area (TPSA) is 0 Å². The Morgan fingerprint density at radius 1 is 0.448 bits per heavy atom. The van der Waals surface area contributed by atoms with E-state index in [1.165, 1.54) is 43.8 Å². The lowest BCUT2D eigenvalue weighted by Crippen LogP contribution is -1.79. The van der Waals surface area contributed by atoms with Gasteiger partial charge in [0.15, 0.2) is 0 Å². The van der Waals surface area contributed by atoms with E-state index >= 15 is 0 Å². The van der Waals surface area contributed by atoms with Gasteiger partial charge in [-0.25, -0.2) is 0 Å². The maximum atomic E-state index is 3.46. The first-order valence-electron chi connectivity index (χ1n) is 9.80. The third kappa shape index (κ3) is 4.75. The van der Waals surface area contributed by atoms with E-state index in [9.17, 15) is 0 Å². The molecule has 0 atom stereocenters. The molecule has 0 aromatic heterocycles. The number of hydrogen-bond donors (Lipinski definition) is 0. The molecule has 0 nitrogen and oxygen atoms in total. The first-order valence-corrected chi connectivity index (χ1v) is 10.6. The summed E-state index contributed by atoms with van der Waals surface area (Å²) in [6.07, 6.45) is 0. The Kier molecular flexibility index (Phi) is 5.78. The molecule has 0 unspecified atom stereocenters. The second-order valence-corrected chi connectivity index (χ2v) is 8.34. The van der Waals surface area contributed by atoms with Crippen LogP contribution in [0.4, 0.5) is 0 Å². The molecule has 0 saturated heterocycles. The fraction of sp³-hybridized carbons (Fsp3) is 0.0714. The fourth-order valence-corrected chi connectivity index (χ4v) is 3.89. The smallest absolute Gasteiger partial charge is 0.0181 e. The summed E-state index contributed by atoms with van der Waals surface area (Å²) in [5.74, 6) is 0. The van der Waals surface area contributed by atoms with Gasteiger partial charge in [0, 0.05) is 4.47 Å². The van der Waals surface area contributed by atoms with Crippen LogP contribution < -0.4 is 0 Å². The van der Waals surface area contributed by atoms with Crippen molar-refractivity contribution in [2.24, 2.45) is 0 Å². The molecular weight excluding hydrogens is 416 g/mol. The molecule has 5 aromatic carbocycles. The largest absolute Gasteiger partial charge is 0.0622 e. The molecule has 5 rings (SSSR count). The van der Waals surface area contributed by atoms with Crippen molar-refractivity contribution in [3.05, 3.63) is 119 Å². The van der Waals surface area contributed by atoms with Crippen molar-refractivity contribution in [2.75, 3.05) is 0 Å². The summed E-state index contributed by atoms with van der Waals surface area (Å²) in [5.41, 5.74) is 5.17. The van der Waals surface area contributed by atoms with E-state index in [0.29, 0.717) is 0 Å². The molecule has 0 aliphatic carbocycles. The van der Waals surface area contributed by atoms with Gasteiger partial charge in [-0.3, -0.25) is 0 Å². The van der Waals surface area contributed by atoms with Crippen LogP contribution in [-0.2, 0) is 0 Å². The van der Waals surface area contributed by atoms with Crippen molar-refractivity contribution in [3.63, 3.8) is 0 Å². The number of aryl methyl sites for hydroxylation is 2. The monoisotopic (exact) mass is 438 g/mol. The van der Waals surface area contributed by atoms with Crippen LogP contribution in [0.3, 0.4) is 0 Å². The zero-order chi connectivity index (χ0) is 20.2. The minimum absolute atomic E-state index is 1.14. The second kappa shape index (κ2) is 8.63. The Morgan fingerprint density at radius 2 is 1.00 bits per heavy atom. The van der Waals surface area contributed by atoms with Crippen molar-refractivity contribution in [1.82, 2.24) is 0 Å². The lowest BCUT2D eigenvalue weighted by atomic mass is 10.0. The molecule has 0 amide bonds. The van der Waals surface area contributed by atoms with E-state index in [-0.39, 0.29) is 0 Å². The van der Waals surface area contributed by atoms with Crippen molar-refractivity contribution < 1.29 is 0 Å². The van der Waals surface area contributed by atoms with E-state index in [1.807, 2.05) is 0 Å². The molecule has 0 fully saturated rings. The van der Waals surface area contributed by atoms with Gasteiger partial charge in [0.1, 0.15) is 0 Å². The van der Waals surface area contributed by atoms with E-state index in [4.69, 9.17) is 0 Å². The summed E-state index contributed by atoms with van der Waals surface area (Å²) in [5, 5.41) is 5.20. The van der Waals surface area contributed by atoms with Crippen LogP contribution in [0.1, 0.15) is 11.1 Å². The third-order valence-corrected chi connectivity index (χ3v) is 5.55. The minimum atomic E-state index is 1.14. The van der Waals surface area contributed by atoms with Gasteiger partial charge in [-0.1, -0.05) is 112 Å². The van der Waals surface area contributed by atoms with Crippen molar-refractivity contribution >= 4 is 37.5 Å². The highest BCUT2D eigenvalue weighted by Gasteiger charge is 1.99. The highest BCUT2D eigenvalue weighted by atomic mass is 79.9. The van der Waals surface area contributed by atoms with Crippen molar-refractivity contribution in [1.29, 1.82) is 0 Å². The molecule has 0 saturated carbocycles. The summed E-state index contributed by atoms with van der Waals surface area (Å²) in [7, 11) is 0. The zero-order valence-electron chi connectivity index (χ0n) is 16.7. The highest BCUT2D eigenvalue weighted by Crippen LogP contribution is 2.25. The Balaban J connectivity index is 0.000000150. The van der Waals surface area contributed by atoms with Gasteiger partial charge < -0.3 is 0 Å². The van der Waals surface area contributed by atoms with Crippen molar-refractivity contribution in [2.45, 2.75) is 13.8 Å². The van der Waals surface area contributed by atoms with Gasteiger partial charge in [-0.05, 0) is 64.7 Å². The number of benzene rings is 5. The molecular formula is C28H23Br. The molecule has 29 heavy (non-hydrogen) atoms. The Bertz CT molecular complexity index is 1230. The highest BCUT2D eigenvalue weighted by molar-refractivity contribution is 9.10. The molecule has 142 valence electrons. The van der Waals surface area contributed by atoms with Crippen LogP contribution in [0.15, 0.2) is 108 Å². The van der Waals surface area contributed by atoms with E-state index < -0.39 is 0 Å². The van der Waals surface area contributed by atoms with Gasteiger partial charge in [-0.2, -0.15) is 0 Å². The van der Waals surface area contributed by atoms with Crippen LogP contribution >= 0.6 is 15.9 Å². The Hall–Kier alpha value is -2.90. The molecule has 0 bridgehead atoms. The van der Waals surface area contributed by atoms with Gasteiger partial charge >= 0.3 is 0 Å². The predicted octanol–water partition coefficient (Wildman–Crippen LogP) is 8.73. The SMILES string of the molecule is Cc1ccc2ccc(-c3ccccc3)cc2c1.Cc1ccc2ccc(Br)cc2c1. The summed E-state index contributed by atoms with van der Waals surface area (Å²) < 4.78 is 1.14. The number of hydrogen-bond acceptors (Lipinski definition) is 0. The van der Waals surface area contributed by atoms with Crippen LogP contribution in [0.2, 0.25) is 0 Å². The number of halogens is 1. The van der Waals surface area contributed by atoms with Crippen LogP contribution in [0.5, 0.6) is 0 Å². The maximum Gasteiger partial charge on any atom is 0.0181 e. The van der Waals surface area contributed by atoms with E-state index in [1.54, 1.807) is 0 Å². The molecule has 0 aliphatic rings.